The summed E-state index contributed by atoms with van der Waals surface area (Å²) in [7, 11) is 3.38. The van der Waals surface area contributed by atoms with Crippen molar-refractivity contribution in [1.82, 2.24) is 19.8 Å². The van der Waals surface area contributed by atoms with Crippen LogP contribution in [0, 0.1) is 0 Å². The summed E-state index contributed by atoms with van der Waals surface area (Å²) >= 11 is 0. The zero-order valence-corrected chi connectivity index (χ0v) is 18.4. The molecule has 7 heteroatoms. The molecule has 0 bridgehead atoms. The van der Waals surface area contributed by atoms with Crippen molar-refractivity contribution < 1.29 is 9.47 Å². The van der Waals surface area contributed by atoms with Crippen LogP contribution in [-0.2, 0) is 19.5 Å². The zero-order chi connectivity index (χ0) is 20.9. The van der Waals surface area contributed by atoms with Crippen LogP contribution in [0.2, 0.25) is 0 Å². The van der Waals surface area contributed by atoms with Crippen molar-refractivity contribution in [1.29, 1.82) is 0 Å². The Hall–Kier alpha value is -2.38. The van der Waals surface area contributed by atoms with E-state index in [0.717, 1.165) is 75.2 Å². The maximum atomic E-state index is 5.60. The lowest BCUT2D eigenvalue weighted by Gasteiger charge is -2.35. The van der Waals surface area contributed by atoms with Crippen LogP contribution in [0.15, 0.2) is 24.4 Å². The summed E-state index contributed by atoms with van der Waals surface area (Å²) in [5, 5.41) is 0. The quantitative estimate of drug-likeness (QED) is 0.694. The molecule has 2 aliphatic heterocycles. The molecule has 1 aromatic heterocycles. The number of hydrogen-bond acceptors (Lipinski definition) is 7. The van der Waals surface area contributed by atoms with Crippen LogP contribution in [0.3, 0.4) is 0 Å². The molecule has 3 heterocycles. The van der Waals surface area contributed by atoms with Gasteiger partial charge in [0.15, 0.2) is 11.5 Å². The third-order valence-corrected chi connectivity index (χ3v) is 6.07. The monoisotopic (exact) mass is 411 g/mol. The van der Waals surface area contributed by atoms with E-state index in [2.05, 4.69) is 27.7 Å². The molecule has 0 N–H and O–H groups in total. The van der Waals surface area contributed by atoms with Gasteiger partial charge < -0.3 is 14.4 Å². The number of methoxy groups -OCH3 is 2. The largest absolute Gasteiger partial charge is 0.493 e. The Morgan fingerprint density at radius 1 is 1.00 bits per heavy atom. The highest BCUT2D eigenvalue weighted by Gasteiger charge is 2.23. The zero-order valence-electron chi connectivity index (χ0n) is 18.4. The SMILES string of the molecule is CCCN1CCN(c2ncc3c(n2)CCN(Cc2cccc(OC)c2OC)C3)CC1. The van der Waals surface area contributed by atoms with Crippen molar-refractivity contribution in [3.05, 3.63) is 41.2 Å². The Labute approximate surface area is 179 Å². The Morgan fingerprint density at radius 3 is 2.57 bits per heavy atom. The summed E-state index contributed by atoms with van der Waals surface area (Å²) in [5.41, 5.74) is 3.57. The maximum Gasteiger partial charge on any atom is 0.225 e. The predicted octanol–water partition coefficient (Wildman–Crippen LogP) is 2.58. The van der Waals surface area contributed by atoms with Gasteiger partial charge in [0, 0.05) is 69.6 Å². The van der Waals surface area contributed by atoms with Crippen LogP contribution < -0.4 is 14.4 Å². The van der Waals surface area contributed by atoms with Gasteiger partial charge in [0.2, 0.25) is 5.95 Å². The standard InChI is InChI=1S/C23H33N5O2/c1-4-9-26-11-13-28(14-12-26)23-24-15-19-17-27(10-8-20(19)25-23)16-18-6-5-7-21(29-2)22(18)30-3/h5-7,15H,4,8-14,16-17H2,1-3H3. The summed E-state index contributed by atoms with van der Waals surface area (Å²) in [6.45, 7) is 10.3. The van der Waals surface area contributed by atoms with Crippen LogP contribution in [0.25, 0.3) is 0 Å². The van der Waals surface area contributed by atoms with Crippen LogP contribution >= 0.6 is 0 Å². The molecule has 1 aromatic carbocycles. The summed E-state index contributed by atoms with van der Waals surface area (Å²) in [4.78, 5) is 16.9. The predicted molar refractivity (Wildman–Crippen MR) is 118 cm³/mol. The van der Waals surface area contributed by atoms with E-state index in [1.807, 2.05) is 18.3 Å². The van der Waals surface area contributed by atoms with E-state index in [1.165, 1.54) is 24.2 Å². The van der Waals surface area contributed by atoms with Gasteiger partial charge in [-0.05, 0) is 19.0 Å². The fraction of sp³-hybridized carbons (Fsp3) is 0.565. The molecule has 0 unspecified atom stereocenters. The molecule has 0 aliphatic carbocycles. The van der Waals surface area contributed by atoms with Crippen molar-refractivity contribution in [3.8, 4) is 11.5 Å². The highest BCUT2D eigenvalue weighted by molar-refractivity contribution is 5.46. The van der Waals surface area contributed by atoms with Crippen molar-refractivity contribution in [2.45, 2.75) is 32.9 Å². The van der Waals surface area contributed by atoms with Gasteiger partial charge in [-0.15, -0.1) is 0 Å². The summed E-state index contributed by atoms with van der Waals surface area (Å²) in [6.07, 6.45) is 4.20. The molecule has 7 nitrogen and oxygen atoms in total. The van der Waals surface area contributed by atoms with E-state index >= 15 is 0 Å². The highest BCUT2D eigenvalue weighted by atomic mass is 16.5. The second-order valence-electron chi connectivity index (χ2n) is 8.08. The Morgan fingerprint density at radius 2 is 1.83 bits per heavy atom. The fourth-order valence-corrected chi connectivity index (χ4v) is 4.46. The number of anilines is 1. The molecule has 2 aromatic rings. The number of para-hydroxylation sites is 1. The van der Waals surface area contributed by atoms with Crippen LogP contribution in [0.4, 0.5) is 5.95 Å². The molecular formula is C23H33N5O2. The minimum Gasteiger partial charge on any atom is -0.493 e. The lowest BCUT2D eigenvalue weighted by atomic mass is 10.1. The molecule has 2 aliphatic rings. The van der Waals surface area contributed by atoms with Crippen molar-refractivity contribution in [2.75, 3.05) is 58.4 Å². The molecule has 0 amide bonds. The molecule has 0 atom stereocenters. The first-order chi connectivity index (χ1) is 14.7. The maximum absolute atomic E-state index is 5.60. The number of rotatable bonds is 7. The van der Waals surface area contributed by atoms with Crippen LogP contribution in [0.5, 0.6) is 11.5 Å². The van der Waals surface area contributed by atoms with Gasteiger partial charge in [0.25, 0.3) is 0 Å². The smallest absolute Gasteiger partial charge is 0.225 e. The van der Waals surface area contributed by atoms with Gasteiger partial charge in [-0.2, -0.15) is 0 Å². The lowest BCUT2D eigenvalue weighted by Crippen LogP contribution is -2.47. The number of nitrogens with zero attached hydrogens (tertiary/aromatic N) is 5. The molecular weight excluding hydrogens is 378 g/mol. The molecule has 30 heavy (non-hydrogen) atoms. The minimum absolute atomic E-state index is 0.777. The lowest BCUT2D eigenvalue weighted by molar-refractivity contribution is 0.237. The van der Waals surface area contributed by atoms with E-state index in [0.29, 0.717) is 0 Å². The molecule has 1 saturated heterocycles. The summed E-state index contributed by atoms with van der Waals surface area (Å²) < 4.78 is 11.0. The number of hydrogen-bond donors (Lipinski definition) is 0. The molecule has 162 valence electrons. The van der Waals surface area contributed by atoms with E-state index < -0.39 is 0 Å². The van der Waals surface area contributed by atoms with Gasteiger partial charge in [-0.1, -0.05) is 19.1 Å². The Kier molecular flexibility index (Phi) is 6.69. The molecule has 0 spiro atoms. The number of benzene rings is 1. The van der Waals surface area contributed by atoms with E-state index in [4.69, 9.17) is 19.4 Å². The summed E-state index contributed by atoms with van der Waals surface area (Å²) in [6, 6.07) is 6.06. The van der Waals surface area contributed by atoms with Crippen molar-refractivity contribution in [3.63, 3.8) is 0 Å². The van der Waals surface area contributed by atoms with Gasteiger partial charge in [-0.25, -0.2) is 9.97 Å². The topological polar surface area (TPSA) is 54.0 Å². The number of aromatic nitrogens is 2. The first-order valence-corrected chi connectivity index (χ1v) is 11.0. The van der Waals surface area contributed by atoms with Crippen molar-refractivity contribution in [2.24, 2.45) is 0 Å². The average Bonchev–Trinajstić information content (AvgIpc) is 2.79. The molecule has 1 fully saturated rings. The third kappa shape index (κ3) is 4.52. The first-order valence-electron chi connectivity index (χ1n) is 11.0. The third-order valence-electron chi connectivity index (χ3n) is 6.07. The van der Waals surface area contributed by atoms with Gasteiger partial charge in [0.05, 0.1) is 19.9 Å². The highest BCUT2D eigenvalue weighted by Crippen LogP contribution is 2.32. The molecule has 0 saturated carbocycles. The Bertz CT molecular complexity index is 851. The average molecular weight is 412 g/mol. The van der Waals surface area contributed by atoms with Gasteiger partial charge in [0.1, 0.15) is 0 Å². The molecule has 4 rings (SSSR count). The second kappa shape index (κ2) is 9.62. The molecule has 0 radical (unpaired) electrons. The second-order valence-corrected chi connectivity index (χ2v) is 8.08. The first kappa shape index (κ1) is 20.9. The van der Waals surface area contributed by atoms with E-state index in [9.17, 15) is 0 Å². The number of fused-ring (bicyclic) bond motifs is 1. The summed E-state index contributed by atoms with van der Waals surface area (Å²) in [5.74, 6) is 2.49. The van der Waals surface area contributed by atoms with E-state index in [-0.39, 0.29) is 0 Å². The number of piperazine rings is 1. The number of ether oxygens (including phenoxy) is 2. The Balaban J connectivity index is 1.41. The van der Waals surface area contributed by atoms with E-state index in [1.54, 1.807) is 14.2 Å². The fourth-order valence-electron chi connectivity index (χ4n) is 4.46. The van der Waals surface area contributed by atoms with Crippen LogP contribution in [-0.4, -0.2) is 73.3 Å². The van der Waals surface area contributed by atoms with Gasteiger partial charge >= 0.3 is 0 Å². The van der Waals surface area contributed by atoms with Crippen molar-refractivity contribution >= 4 is 5.95 Å². The normalized spacial score (nSPS) is 17.6. The minimum atomic E-state index is 0.777. The van der Waals surface area contributed by atoms with Gasteiger partial charge in [-0.3, -0.25) is 9.80 Å². The van der Waals surface area contributed by atoms with Crippen LogP contribution in [0.1, 0.15) is 30.2 Å².